The average Bonchev–Trinajstić information content (AvgIpc) is 2.39. The summed E-state index contributed by atoms with van der Waals surface area (Å²) in [4.78, 5) is 26.8. The molecule has 2 aliphatic rings. The fraction of sp³-hybridized carbons (Fsp3) is 0.833. The Bertz CT molecular complexity index is 334. The summed E-state index contributed by atoms with van der Waals surface area (Å²) in [6, 6.07) is 0. The molecular weight excluding hydrogens is 236 g/mol. The minimum absolute atomic E-state index is 0.0435. The number of carbonyl (C=O) groups excluding carboxylic acids is 1. The number of carbonyl (C=O) groups is 2. The second-order valence-electron chi connectivity index (χ2n) is 4.79. The molecule has 6 heteroatoms. The number of aliphatic carboxylic acids is 1. The summed E-state index contributed by atoms with van der Waals surface area (Å²) in [5, 5.41) is 8.99. The lowest BCUT2D eigenvalue weighted by atomic mass is 10.1. The number of amides is 1. The normalized spacial score (nSPS) is 30.5. The number of hydrogen-bond acceptors (Lipinski definition) is 4. The van der Waals surface area contributed by atoms with Crippen molar-refractivity contribution in [1.29, 1.82) is 0 Å². The highest BCUT2D eigenvalue weighted by atomic mass is 16.5. The first-order chi connectivity index (χ1) is 8.63. The van der Waals surface area contributed by atoms with Crippen molar-refractivity contribution in [3.05, 3.63) is 0 Å². The van der Waals surface area contributed by atoms with E-state index >= 15 is 0 Å². The van der Waals surface area contributed by atoms with Crippen molar-refractivity contribution in [1.82, 2.24) is 9.80 Å². The van der Waals surface area contributed by atoms with Gasteiger partial charge in [0.05, 0.1) is 12.7 Å². The van der Waals surface area contributed by atoms with Gasteiger partial charge in [-0.3, -0.25) is 9.69 Å². The Morgan fingerprint density at radius 3 is 2.94 bits per heavy atom. The molecule has 1 amide bonds. The first-order valence-electron chi connectivity index (χ1n) is 6.51. The van der Waals surface area contributed by atoms with Crippen molar-refractivity contribution >= 4 is 11.9 Å². The van der Waals surface area contributed by atoms with Gasteiger partial charge in [-0.05, 0) is 25.8 Å². The zero-order valence-electron chi connectivity index (χ0n) is 10.7. The molecule has 0 aromatic heterocycles. The fourth-order valence-electron chi connectivity index (χ4n) is 2.72. The highest BCUT2D eigenvalue weighted by Crippen LogP contribution is 2.22. The highest BCUT2D eigenvalue weighted by Gasteiger charge is 2.37. The molecule has 2 aliphatic heterocycles. The van der Waals surface area contributed by atoms with E-state index < -0.39 is 12.1 Å². The molecule has 2 rings (SSSR count). The van der Waals surface area contributed by atoms with E-state index in [0.717, 1.165) is 32.4 Å². The number of piperidine rings is 1. The first kappa shape index (κ1) is 13.3. The Morgan fingerprint density at radius 2 is 2.28 bits per heavy atom. The molecule has 6 nitrogen and oxygen atoms in total. The lowest BCUT2D eigenvalue weighted by Crippen LogP contribution is -2.59. The maximum Gasteiger partial charge on any atom is 0.334 e. The van der Waals surface area contributed by atoms with Crippen molar-refractivity contribution < 1.29 is 19.4 Å². The van der Waals surface area contributed by atoms with Gasteiger partial charge in [-0.25, -0.2) is 4.79 Å². The van der Waals surface area contributed by atoms with E-state index in [0.29, 0.717) is 0 Å². The molecule has 0 bridgehead atoms. The predicted octanol–water partition coefficient (Wildman–Crippen LogP) is 0.130. The van der Waals surface area contributed by atoms with Gasteiger partial charge in [0, 0.05) is 6.54 Å². The molecule has 2 heterocycles. The number of carboxylic acids is 1. The molecule has 1 N–H and O–H groups in total. The molecule has 0 aliphatic carbocycles. The fourth-order valence-corrected chi connectivity index (χ4v) is 2.72. The van der Waals surface area contributed by atoms with Gasteiger partial charge >= 0.3 is 5.97 Å². The van der Waals surface area contributed by atoms with E-state index in [4.69, 9.17) is 9.84 Å². The molecular formula is C12H20N2O4. The Hall–Kier alpha value is -1.14. The molecule has 2 saturated heterocycles. The van der Waals surface area contributed by atoms with E-state index in [1.807, 2.05) is 0 Å². The lowest BCUT2D eigenvalue weighted by Gasteiger charge is -2.44. The Kier molecular flexibility index (Phi) is 4.19. The predicted molar refractivity (Wildman–Crippen MR) is 64.0 cm³/mol. The van der Waals surface area contributed by atoms with Crippen LogP contribution >= 0.6 is 0 Å². The molecule has 0 radical (unpaired) electrons. The molecule has 0 spiro atoms. The summed E-state index contributed by atoms with van der Waals surface area (Å²) < 4.78 is 5.03. The number of nitrogens with zero attached hydrogens (tertiary/aromatic N) is 2. The molecule has 0 saturated carbocycles. The second kappa shape index (κ2) is 5.67. The topological polar surface area (TPSA) is 70.1 Å². The van der Waals surface area contributed by atoms with Gasteiger partial charge in [0.25, 0.3) is 0 Å². The van der Waals surface area contributed by atoms with Crippen LogP contribution < -0.4 is 0 Å². The van der Waals surface area contributed by atoms with Crippen molar-refractivity contribution in [2.45, 2.75) is 38.5 Å². The second-order valence-corrected chi connectivity index (χ2v) is 4.79. The molecule has 0 aromatic rings. The number of carboxylic acid groups (broad SMARTS) is 1. The molecule has 2 fully saturated rings. The van der Waals surface area contributed by atoms with Crippen LogP contribution in [-0.4, -0.2) is 65.3 Å². The monoisotopic (exact) mass is 256 g/mol. The molecule has 18 heavy (non-hydrogen) atoms. The van der Waals surface area contributed by atoms with Gasteiger partial charge in [0.2, 0.25) is 5.91 Å². The summed E-state index contributed by atoms with van der Waals surface area (Å²) in [5.74, 6) is -1.09. The van der Waals surface area contributed by atoms with Crippen LogP contribution in [0.3, 0.4) is 0 Å². The van der Waals surface area contributed by atoms with Crippen LogP contribution in [0.2, 0.25) is 0 Å². The zero-order valence-corrected chi connectivity index (χ0v) is 10.7. The largest absolute Gasteiger partial charge is 0.479 e. The Labute approximate surface area is 106 Å². The van der Waals surface area contributed by atoms with Crippen LogP contribution in [0.1, 0.15) is 26.2 Å². The summed E-state index contributed by atoms with van der Waals surface area (Å²) >= 11 is 0. The van der Waals surface area contributed by atoms with E-state index in [2.05, 4.69) is 11.8 Å². The van der Waals surface area contributed by atoms with E-state index in [1.54, 1.807) is 4.90 Å². The number of rotatable bonds is 3. The van der Waals surface area contributed by atoms with Crippen LogP contribution in [0.25, 0.3) is 0 Å². The third-order valence-corrected chi connectivity index (χ3v) is 3.71. The quantitative estimate of drug-likeness (QED) is 0.777. The van der Waals surface area contributed by atoms with Gasteiger partial charge in [-0.2, -0.15) is 0 Å². The summed E-state index contributed by atoms with van der Waals surface area (Å²) in [6.07, 6.45) is 2.31. The van der Waals surface area contributed by atoms with E-state index in [1.165, 1.54) is 0 Å². The first-order valence-corrected chi connectivity index (χ1v) is 6.51. The highest BCUT2D eigenvalue weighted by molar-refractivity contribution is 5.81. The maximum absolute atomic E-state index is 11.9. The van der Waals surface area contributed by atoms with Crippen LogP contribution in [0.4, 0.5) is 0 Å². The number of likely N-dealkylation sites (tertiary alicyclic amines) is 1. The minimum atomic E-state index is -0.994. The van der Waals surface area contributed by atoms with Crippen LogP contribution in [0.15, 0.2) is 0 Å². The van der Waals surface area contributed by atoms with Gasteiger partial charge in [0.15, 0.2) is 6.10 Å². The van der Waals surface area contributed by atoms with Crippen molar-refractivity contribution in [2.75, 3.05) is 26.2 Å². The maximum atomic E-state index is 11.9. The summed E-state index contributed by atoms with van der Waals surface area (Å²) in [6.45, 7) is 3.97. The molecule has 2 atom stereocenters. The standard InChI is InChI=1S/C12H20N2O4/c1-2-13-6-4-3-5-10(13)14-7-9(12(16)17)18-8-11(14)15/h9-10H,2-8H2,1H3,(H,16,17). The SMILES string of the molecule is CCN1CCCCC1N1CC(C(=O)O)OCC1=O. The third-order valence-electron chi connectivity index (χ3n) is 3.71. The van der Waals surface area contributed by atoms with E-state index in [-0.39, 0.29) is 25.2 Å². The van der Waals surface area contributed by atoms with Gasteiger partial charge in [-0.1, -0.05) is 6.92 Å². The smallest absolute Gasteiger partial charge is 0.334 e. The number of morpholine rings is 1. The average molecular weight is 256 g/mol. The van der Waals surface area contributed by atoms with Crippen molar-refractivity contribution in [2.24, 2.45) is 0 Å². The molecule has 102 valence electrons. The Balaban J connectivity index is 2.08. The van der Waals surface area contributed by atoms with Crippen molar-refractivity contribution in [3.63, 3.8) is 0 Å². The third kappa shape index (κ3) is 2.64. The number of hydrogen-bond donors (Lipinski definition) is 1. The minimum Gasteiger partial charge on any atom is -0.479 e. The summed E-state index contributed by atoms with van der Waals surface area (Å²) in [7, 11) is 0. The molecule has 0 aromatic carbocycles. The molecule has 2 unspecified atom stereocenters. The van der Waals surface area contributed by atoms with Gasteiger partial charge < -0.3 is 14.7 Å². The lowest BCUT2D eigenvalue weighted by molar-refractivity contribution is -0.171. The zero-order chi connectivity index (χ0) is 13.1. The van der Waals surface area contributed by atoms with Crippen molar-refractivity contribution in [3.8, 4) is 0 Å². The van der Waals surface area contributed by atoms with Crippen LogP contribution in [0, 0.1) is 0 Å². The van der Waals surface area contributed by atoms with Crippen LogP contribution in [0.5, 0.6) is 0 Å². The Morgan fingerprint density at radius 1 is 1.50 bits per heavy atom. The summed E-state index contributed by atoms with van der Waals surface area (Å²) in [5.41, 5.74) is 0. The van der Waals surface area contributed by atoms with Crippen LogP contribution in [-0.2, 0) is 14.3 Å². The van der Waals surface area contributed by atoms with E-state index in [9.17, 15) is 9.59 Å². The van der Waals surface area contributed by atoms with Gasteiger partial charge in [-0.15, -0.1) is 0 Å². The number of ether oxygens (including phenoxy) is 1. The van der Waals surface area contributed by atoms with Gasteiger partial charge in [0.1, 0.15) is 6.61 Å².